The van der Waals surface area contributed by atoms with E-state index in [0.717, 1.165) is 26.1 Å². The number of halogens is 1. The minimum atomic E-state index is -0.316. The van der Waals surface area contributed by atoms with Crippen LogP contribution in [-0.2, 0) is 0 Å². The van der Waals surface area contributed by atoms with Crippen LogP contribution in [0.25, 0.3) is 10.9 Å². The zero-order chi connectivity index (χ0) is 24.5. The molecule has 0 saturated heterocycles. The van der Waals surface area contributed by atoms with Crippen LogP contribution in [-0.4, -0.2) is 59.2 Å². The zero-order valence-corrected chi connectivity index (χ0v) is 20.5. The Labute approximate surface area is 204 Å². The normalized spacial score (nSPS) is 11.0. The van der Waals surface area contributed by atoms with E-state index in [-0.39, 0.29) is 12.1 Å². The molecule has 0 unspecified atom stereocenters. The molecule has 0 aliphatic carbocycles. The predicted molar refractivity (Wildman–Crippen MR) is 135 cm³/mol. The summed E-state index contributed by atoms with van der Waals surface area (Å²) >= 11 is 6.34. The summed E-state index contributed by atoms with van der Waals surface area (Å²) in [6, 6.07) is 8.07. The SMILES string of the molecule is CCNC(=O)n1cc(Cl)c2cc(Oc3ccnc(NC(=O)NCCCN(CC)CC)c3)ccc21. The number of ether oxygens (including phenoxy) is 1. The Morgan fingerprint density at radius 2 is 1.85 bits per heavy atom. The van der Waals surface area contributed by atoms with E-state index < -0.39 is 0 Å². The lowest BCUT2D eigenvalue weighted by Gasteiger charge is -2.17. The van der Waals surface area contributed by atoms with Gasteiger partial charge in [0, 0.05) is 36.9 Å². The van der Waals surface area contributed by atoms with Gasteiger partial charge in [0.25, 0.3) is 0 Å². The van der Waals surface area contributed by atoms with Crippen LogP contribution < -0.4 is 20.7 Å². The van der Waals surface area contributed by atoms with Crippen molar-refractivity contribution in [3.8, 4) is 11.5 Å². The topological polar surface area (TPSA) is 101 Å². The van der Waals surface area contributed by atoms with Crippen molar-refractivity contribution in [1.82, 2.24) is 25.1 Å². The summed E-state index contributed by atoms with van der Waals surface area (Å²) in [6.07, 6.45) is 4.01. The van der Waals surface area contributed by atoms with Crippen LogP contribution in [0.4, 0.5) is 15.4 Å². The molecule has 0 fully saturated rings. The number of urea groups is 1. The maximum Gasteiger partial charge on any atom is 0.326 e. The Kier molecular flexibility index (Phi) is 9.12. The van der Waals surface area contributed by atoms with Crippen LogP contribution in [0.15, 0.2) is 42.7 Å². The van der Waals surface area contributed by atoms with Crippen molar-refractivity contribution in [1.29, 1.82) is 0 Å². The first-order chi connectivity index (χ1) is 16.4. The molecule has 1 aromatic carbocycles. The van der Waals surface area contributed by atoms with Gasteiger partial charge in [-0.3, -0.25) is 9.88 Å². The fourth-order valence-electron chi connectivity index (χ4n) is 3.52. The average molecular weight is 487 g/mol. The third-order valence-electron chi connectivity index (χ3n) is 5.31. The molecule has 2 heterocycles. The Balaban J connectivity index is 1.61. The van der Waals surface area contributed by atoms with Crippen LogP contribution in [0.1, 0.15) is 27.2 Å². The van der Waals surface area contributed by atoms with Gasteiger partial charge in [0.15, 0.2) is 0 Å². The van der Waals surface area contributed by atoms with Crippen LogP contribution in [0.2, 0.25) is 5.02 Å². The summed E-state index contributed by atoms with van der Waals surface area (Å²) in [7, 11) is 0. The summed E-state index contributed by atoms with van der Waals surface area (Å²) in [5, 5.41) is 9.47. The van der Waals surface area contributed by atoms with Gasteiger partial charge < -0.3 is 20.3 Å². The van der Waals surface area contributed by atoms with Crippen molar-refractivity contribution in [2.45, 2.75) is 27.2 Å². The molecule has 0 aliphatic rings. The number of amides is 3. The molecule has 9 nitrogen and oxygen atoms in total. The van der Waals surface area contributed by atoms with Gasteiger partial charge >= 0.3 is 12.1 Å². The molecular formula is C24H31ClN6O3. The van der Waals surface area contributed by atoms with Crippen molar-refractivity contribution < 1.29 is 14.3 Å². The minimum absolute atomic E-state index is 0.246. The summed E-state index contributed by atoms with van der Waals surface area (Å²) in [5.74, 6) is 1.42. The van der Waals surface area contributed by atoms with Crippen LogP contribution in [0, 0.1) is 0 Å². The van der Waals surface area contributed by atoms with Gasteiger partial charge in [0.05, 0.1) is 10.5 Å². The molecule has 0 aliphatic heterocycles. The predicted octanol–water partition coefficient (Wildman–Crippen LogP) is 4.91. The number of anilines is 1. The van der Waals surface area contributed by atoms with Crippen LogP contribution in [0.3, 0.4) is 0 Å². The number of nitrogens with zero attached hydrogens (tertiary/aromatic N) is 3. The molecule has 0 spiro atoms. The highest BCUT2D eigenvalue weighted by Crippen LogP contribution is 2.31. The van der Waals surface area contributed by atoms with Crippen molar-refractivity contribution in [3.63, 3.8) is 0 Å². The Morgan fingerprint density at radius 3 is 2.59 bits per heavy atom. The lowest BCUT2D eigenvalue weighted by molar-refractivity contribution is 0.243. The molecule has 2 aromatic heterocycles. The Hall–Kier alpha value is -3.30. The monoisotopic (exact) mass is 486 g/mol. The van der Waals surface area contributed by atoms with Gasteiger partial charge in [-0.15, -0.1) is 0 Å². The lowest BCUT2D eigenvalue weighted by Crippen LogP contribution is -2.32. The standard InChI is InChI=1S/C24H31ClN6O3/c1-4-26-24(33)31-16-20(25)19-14-17(8-9-21(19)31)34-18-10-12-27-22(15-18)29-23(32)28-11-7-13-30(5-2)6-3/h8-10,12,14-16H,4-7,11,13H2,1-3H3,(H,26,33)(H2,27,28,29,32). The van der Waals surface area contributed by atoms with Gasteiger partial charge in [0.2, 0.25) is 0 Å². The lowest BCUT2D eigenvalue weighted by atomic mass is 10.2. The second-order valence-electron chi connectivity index (χ2n) is 7.60. The molecule has 0 saturated carbocycles. The number of hydrogen-bond acceptors (Lipinski definition) is 5. The van der Waals surface area contributed by atoms with Gasteiger partial charge in [-0.25, -0.2) is 14.6 Å². The fraction of sp³-hybridized carbons (Fsp3) is 0.375. The van der Waals surface area contributed by atoms with E-state index in [0.29, 0.717) is 46.3 Å². The second-order valence-corrected chi connectivity index (χ2v) is 8.01. The number of pyridine rings is 1. The Morgan fingerprint density at radius 1 is 1.09 bits per heavy atom. The average Bonchev–Trinajstić information content (AvgIpc) is 3.15. The summed E-state index contributed by atoms with van der Waals surface area (Å²) in [6.45, 7) is 10.1. The summed E-state index contributed by atoms with van der Waals surface area (Å²) in [4.78, 5) is 30.9. The number of hydrogen-bond donors (Lipinski definition) is 3. The molecule has 34 heavy (non-hydrogen) atoms. The number of nitrogens with one attached hydrogen (secondary N) is 3. The first-order valence-electron chi connectivity index (χ1n) is 11.4. The molecule has 0 radical (unpaired) electrons. The highest BCUT2D eigenvalue weighted by Gasteiger charge is 2.13. The van der Waals surface area contributed by atoms with E-state index in [1.54, 1.807) is 42.7 Å². The number of carbonyl (C=O) groups is 2. The third-order valence-corrected chi connectivity index (χ3v) is 5.62. The summed E-state index contributed by atoms with van der Waals surface area (Å²) < 4.78 is 7.42. The van der Waals surface area contributed by atoms with E-state index in [1.165, 1.54) is 4.57 Å². The Bertz CT molecular complexity index is 1130. The maximum atomic E-state index is 12.2. The smallest absolute Gasteiger partial charge is 0.326 e. The molecule has 3 rings (SSSR count). The van der Waals surface area contributed by atoms with Crippen molar-refractivity contribution in [2.75, 3.05) is 38.0 Å². The number of fused-ring (bicyclic) bond motifs is 1. The molecular weight excluding hydrogens is 456 g/mol. The van der Waals surface area contributed by atoms with Gasteiger partial charge in [-0.05, 0) is 57.2 Å². The minimum Gasteiger partial charge on any atom is -0.457 e. The second kappa shape index (κ2) is 12.2. The van der Waals surface area contributed by atoms with Gasteiger partial charge in [-0.2, -0.15) is 0 Å². The quantitative estimate of drug-likeness (QED) is 0.353. The summed E-state index contributed by atoms with van der Waals surface area (Å²) in [5.41, 5.74) is 0.679. The van der Waals surface area contributed by atoms with Crippen LogP contribution in [0.5, 0.6) is 11.5 Å². The molecule has 182 valence electrons. The highest BCUT2D eigenvalue weighted by atomic mass is 35.5. The third kappa shape index (κ3) is 6.61. The fourth-order valence-corrected chi connectivity index (χ4v) is 3.77. The highest BCUT2D eigenvalue weighted by molar-refractivity contribution is 6.36. The van der Waals surface area contributed by atoms with E-state index in [4.69, 9.17) is 16.3 Å². The number of rotatable bonds is 10. The van der Waals surface area contributed by atoms with E-state index in [9.17, 15) is 9.59 Å². The molecule has 0 atom stereocenters. The largest absolute Gasteiger partial charge is 0.457 e. The van der Waals surface area contributed by atoms with Gasteiger partial charge in [-0.1, -0.05) is 25.4 Å². The molecule has 0 bridgehead atoms. The van der Waals surface area contributed by atoms with Crippen molar-refractivity contribution >= 4 is 40.4 Å². The van der Waals surface area contributed by atoms with Gasteiger partial charge in [0.1, 0.15) is 17.3 Å². The maximum absolute atomic E-state index is 12.2. The first-order valence-corrected chi connectivity index (χ1v) is 11.8. The first kappa shape index (κ1) is 25.3. The van der Waals surface area contributed by atoms with E-state index in [1.807, 2.05) is 6.92 Å². The molecule has 10 heteroatoms. The molecule has 3 amide bonds. The number of aromatic nitrogens is 2. The van der Waals surface area contributed by atoms with E-state index in [2.05, 4.69) is 39.7 Å². The number of carbonyl (C=O) groups excluding carboxylic acids is 2. The number of benzene rings is 1. The molecule has 3 N–H and O–H groups in total. The zero-order valence-electron chi connectivity index (χ0n) is 19.7. The van der Waals surface area contributed by atoms with E-state index >= 15 is 0 Å². The molecule has 3 aromatic rings. The van der Waals surface area contributed by atoms with Crippen molar-refractivity contribution in [3.05, 3.63) is 47.7 Å². The van der Waals surface area contributed by atoms with Crippen molar-refractivity contribution in [2.24, 2.45) is 0 Å². The van der Waals surface area contributed by atoms with Crippen LogP contribution >= 0.6 is 11.6 Å².